The number of hydrogen-bond donors (Lipinski definition) is 1. The zero-order valence-electron chi connectivity index (χ0n) is 21.1. The Labute approximate surface area is 209 Å². The van der Waals surface area contributed by atoms with Crippen LogP contribution in [0, 0.1) is 5.92 Å². The quantitative estimate of drug-likeness (QED) is 0.309. The maximum atomic E-state index is 13.0. The number of hydrogen-bond acceptors (Lipinski definition) is 5. The van der Waals surface area contributed by atoms with E-state index in [2.05, 4.69) is 18.8 Å². The Bertz CT molecular complexity index is 1410. The number of benzene rings is 2. The van der Waals surface area contributed by atoms with Gasteiger partial charge in [-0.2, -0.15) is 0 Å². The molecule has 2 aromatic heterocycles. The number of carbonyl (C=O) groups excluding carboxylic acids is 1. The van der Waals surface area contributed by atoms with Gasteiger partial charge in [0.2, 0.25) is 0 Å². The number of aromatic nitrogens is 1. The lowest BCUT2D eigenvalue weighted by Gasteiger charge is -2.28. The fraction of sp³-hybridized carbons (Fsp3) is 0.357. The molecule has 2 aromatic carbocycles. The molecule has 0 atom stereocenters. The van der Waals surface area contributed by atoms with E-state index in [4.69, 9.17) is 9.47 Å². The third-order valence-corrected chi connectivity index (χ3v) is 6.70. The van der Waals surface area contributed by atoms with Gasteiger partial charge in [0.1, 0.15) is 16.1 Å². The van der Waals surface area contributed by atoms with Crippen molar-refractivity contribution < 1.29 is 14.3 Å². The summed E-state index contributed by atoms with van der Waals surface area (Å²) in [7, 11) is 1.64. The molecule has 184 valence electrons. The topological polar surface area (TPSA) is 71.6 Å². The highest BCUT2D eigenvalue weighted by atomic mass is 32.1. The van der Waals surface area contributed by atoms with Crippen LogP contribution in [0.3, 0.4) is 0 Å². The number of thiophene rings is 1. The van der Waals surface area contributed by atoms with Crippen LogP contribution in [0.1, 0.15) is 41.0 Å². The summed E-state index contributed by atoms with van der Waals surface area (Å²) in [4.78, 5) is 30.2. The van der Waals surface area contributed by atoms with Crippen molar-refractivity contribution in [3.63, 3.8) is 0 Å². The average molecular weight is 493 g/mol. The van der Waals surface area contributed by atoms with Crippen molar-refractivity contribution in [1.29, 1.82) is 0 Å². The standard InChI is InChI=1S/C28H32N2O4S/c1-17(2)13-15-30(27(32)34-28(3,4)5)19-9-7-18(8-10-19)23-22(33-6)12-11-21-24(23)20-14-16-35-25(20)26(31)29-21/h7-12,14,16-17H,13,15H2,1-6H3,(H,29,31). The highest BCUT2D eigenvalue weighted by Crippen LogP contribution is 2.40. The smallest absolute Gasteiger partial charge is 0.414 e. The monoisotopic (exact) mass is 492 g/mol. The van der Waals surface area contributed by atoms with Crippen molar-refractivity contribution in [3.05, 3.63) is 58.2 Å². The molecule has 0 aliphatic rings. The molecule has 0 saturated carbocycles. The summed E-state index contributed by atoms with van der Waals surface area (Å²) in [5, 5.41) is 3.77. The van der Waals surface area contributed by atoms with Gasteiger partial charge in [0.05, 0.1) is 7.11 Å². The molecule has 0 bridgehead atoms. The zero-order valence-corrected chi connectivity index (χ0v) is 21.9. The number of carbonyl (C=O) groups is 1. The molecule has 35 heavy (non-hydrogen) atoms. The molecule has 4 aromatic rings. The summed E-state index contributed by atoms with van der Waals surface area (Å²) in [6, 6.07) is 13.6. The van der Waals surface area contributed by atoms with Crippen LogP contribution in [0.2, 0.25) is 0 Å². The van der Waals surface area contributed by atoms with Gasteiger partial charge in [-0.3, -0.25) is 9.69 Å². The van der Waals surface area contributed by atoms with Gasteiger partial charge in [0, 0.05) is 34.1 Å². The fourth-order valence-electron chi connectivity index (χ4n) is 4.12. The lowest BCUT2D eigenvalue weighted by molar-refractivity contribution is 0.0579. The molecule has 0 spiro atoms. The van der Waals surface area contributed by atoms with Crippen LogP contribution in [0.15, 0.2) is 52.6 Å². The first-order valence-electron chi connectivity index (χ1n) is 11.8. The van der Waals surface area contributed by atoms with Gasteiger partial charge in [-0.1, -0.05) is 26.0 Å². The second-order valence-electron chi connectivity index (χ2n) is 10.0. The number of H-pyrrole nitrogens is 1. The van der Waals surface area contributed by atoms with Crippen molar-refractivity contribution in [1.82, 2.24) is 4.98 Å². The maximum Gasteiger partial charge on any atom is 0.414 e. The first-order chi connectivity index (χ1) is 16.6. The van der Waals surface area contributed by atoms with Gasteiger partial charge in [-0.25, -0.2) is 4.79 Å². The molecular weight excluding hydrogens is 460 g/mol. The fourth-order valence-corrected chi connectivity index (χ4v) is 4.92. The van der Waals surface area contributed by atoms with E-state index >= 15 is 0 Å². The van der Waals surface area contributed by atoms with Gasteiger partial charge < -0.3 is 14.5 Å². The van der Waals surface area contributed by atoms with Gasteiger partial charge in [-0.05, 0) is 74.4 Å². The van der Waals surface area contributed by atoms with Crippen LogP contribution in [0.5, 0.6) is 5.75 Å². The molecule has 2 heterocycles. The second kappa shape index (κ2) is 9.74. The Morgan fingerprint density at radius 1 is 1.09 bits per heavy atom. The average Bonchev–Trinajstić information content (AvgIpc) is 3.28. The minimum absolute atomic E-state index is 0.0906. The number of ether oxygens (including phenoxy) is 2. The number of pyridine rings is 1. The minimum Gasteiger partial charge on any atom is -0.496 e. The SMILES string of the molecule is COc1ccc2[nH]c(=O)c3sccc3c2c1-c1ccc(N(CCC(C)C)C(=O)OC(C)(C)C)cc1. The van der Waals surface area contributed by atoms with Gasteiger partial charge in [0.25, 0.3) is 5.56 Å². The van der Waals surface area contributed by atoms with Gasteiger partial charge in [-0.15, -0.1) is 11.3 Å². The third-order valence-electron chi connectivity index (χ3n) is 5.79. The van der Waals surface area contributed by atoms with Crippen LogP contribution in [0.4, 0.5) is 10.5 Å². The molecule has 6 nitrogen and oxygen atoms in total. The molecule has 0 unspecified atom stereocenters. The molecule has 0 saturated heterocycles. The van der Waals surface area contributed by atoms with Crippen molar-refractivity contribution in [2.24, 2.45) is 5.92 Å². The summed E-state index contributed by atoms with van der Waals surface area (Å²) in [6.45, 7) is 10.5. The number of rotatable bonds is 6. The molecule has 0 fully saturated rings. The molecule has 1 N–H and O–H groups in total. The zero-order chi connectivity index (χ0) is 25.3. The summed E-state index contributed by atoms with van der Waals surface area (Å²) in [6.07, 6.45) is 0.507. The van der Waals surface area contributed by atoms with E-state index in [9.17, 15) is 9.59 Å². The van der Waals surface area contributed by atoms with Crippen molar-refractivity contribution in [3.8, 4) is 16.9 Å². The van der Waals surface area contributed by atoms with E-state index in [0.29, 0.717) is 22.9 Å². The summed E-state index contributed by atoms with van der Waals surface area (Å²) in [5.41, 5.74) is 2.70. The second-order valence-corrected chi connectivity index (χ2v) is 11.0. The molecule has 4 rings (SSSR count). The first-order valence-corrected chi connectivity index (χ1v) is 12.7. The Hall–Kier alpha value is -3.32. The molecule has 0 radical (unpaired) electrons. The number of aromatic amines is 1. The largest absolute Gasteiger partial charge is 0.496 e. The maximum absolute atomic E-state index is 13.0. The summed E-state index contributed by atoms with van der Waals surface area (Å²) < 4.78 is 12.1. The van der Waals surface area contributed by atoms with E-state index in [1.165, 1.54) is 11.3 Å². The number of amides is 1. The summed E-state index contributed by atoms with van der Waals surface area (Å²) >= 11 is 1.43. The van der Waals surface area contributed by atoms with E-state index < -0.39 is 5.60 Å². The number of fused-ring (bicyclic) bond motifs is 3. The third kappa shape index (κ3) is 5.20. The lowest BCUT2D eigenvalue weighted by Crippen LogP contribution is -2.37. The van der Waals surface area contributed by atoms with E-state index in [1.54, 1.807) is 12.0 Å². The Kier molecular flexibility index (Phi) is 6.90. The normalized spacial score (nSPS) is 11.9. The van der Waals surface area contributed by atoms with Gasteiger partial charge in [0.15, 0.2) is 0 Å². The Morgan fingerprint density at radius 2 is 1.80 bits per heavy atom. The number of methoxy groups -OCH3 is 1. The summed E-state index contributed by atoms with van der Waals surface area (Å²) in [5.74, 6) is 1.17. The predicted molar refractivity (Wildman–Crippen MR) is 145 cm³/mol. The number of nitrogens with one attached hydrogen (secondary N) is 1. The van der Waals surface area contributed by atoms with Crippen molar-refractivity contribution >= 4 is 44.1 Å². The highest BCUT2D eigenvalue weighted by Gasteiger charge is 2.24. The number of nitrogens with zero attached hydrogens (tertiary/aromatic N) is 1. The van der Waals surface area contributed by atoms with E-state index in [1.807, 2.05) is 68.6 Å². The van der Waals surface area contributed by atoms with E-state index in [-0.39, 0.29) is 11.7 Å². The Morgan fingerprint density at radius 3 is 2.43 bits per heavy atom. The van der Waals surface area contributed by atoms with Crippen LogP contribution in [-0.2, 0) is 4.74 Å². The molecular formula is C28H32N2O4S. The molecule has 7 heteroatoms. The van der Waals surface area contributed by atoms with Crippen LogP contribution >= 0.6 is 11.3 Å². The first kappa shape index (κ1) is 24.8. The molecule has 0 aliphatic carbocycles. The lowest BCUT2D eigenvalue weighted by atomic mass is 9.97. The Balaban J connectivity index is 1.81. The van der Waals surface area contributed by atoms with Crippen LogP contribution in [0.25, 0.3) is 32.1 Å². The van der Waals surface area contributed by atoms with Crippen LogP contribution in [-0.4, -0.2) is 30.3 Å². The molecule has 0 aliphatic heterocycles. The van der Waals surface area contributed by atoms with Crippen molar-refractivity contribution in [2.75, 3.05) is 18.6 Å². The van der Waals surface area contributed by atoms with Gasteiger partial charge >= 0.3 is 6.09 Å². The predicted octanol–water partition coefficient (Wildman–Crippen LogP) is 7.21. The van der Waals surface area contributed by atoms with Crippen LogP contribution < -0.4 is 15.2 Å². The minimum atomic E-state index is -0.577. The number of anilines is 1. The molecule has 1 amide bonds. The van der Waals surface area contributed by atoms with Crippen molar-refractivity contribution in [2.45, 2.75) is 46.6 Å². The highest BCUT2D eigenvalue weighted by molar-refractivity contribution is 7.17. The van der Waals surface area contributed by atoms with E-state index in [0.717, 1.165) is 39.5 Å².